The molecule has 1 amide bonds. The number of benzene rings is 1. The number of rotatable bonds is 3. The standard InChI is InChI=1S/C14H21N3O/c1-11(10-14(18)16-15)17-8-6-12-4-2-3-5-13(12)7-9-17/h2-5,11H,6-10,15H2,1H3,(H,16,18). The first-order valence-corrected chi connectivity index (χ1v) is 6.51. The summed E-state index contributed by atoms with van der Waals surface area (Å²) in [4.78, 5) is 13.7. The van der Waals surface area contributed by atoms with Crippen molar-refractivity contribution in [1.29, 1.82) is 0 Å². The normalized spacial score (nSPS) is 17.7. The molecule has 1 heterocycles. The first kappa shape index (κ1) is 13.1. The van der Waals surface area contributed by atoms with E-state index in [-0.39, 0.29) is 11.9 Å². The predicted octanol–water partition coefficient (Wildman–Crippen LogP) is 0.856. The van der Waals surface area contributed by atoms with Gasteiger partial charge in [-0.1, -0.05) is 24.3 Å². The molecule has 0 saturated carbocycles. The molecule has 0 radical (unpaired) electrons. The van der Waals surface area contributed by atoms with E-state index in [1.54, 1.807) is 0 Å². The molecule has 18 heavy (non-hydrogen) atoms. The number of nitrogens with zero attached hydrogens (tertiary/aromatic N) is 1. The van der Waals surface area contributed by atoms with Gasteiger partial charge in [-0.2, -0.15) is 0 Å². The summed E-state index contributed by atoms with van der Waals surface area (Å²) >= 11 is 0. The molecule has 1 aromatic carbocycles. The van der Waals surface area contributed by atoms with Crippen molar-refractivity contribution >= 4 is 5.91 Å². The van der Waals surface area contributed by atoms with E-state index >= 15 is 0 Å². The lowest BCUT2D eigenvalue weighted by molar-refractivity contribution is -0.122. The zero-order valence-corrected chi connectivity index (χ0v) is 10.9. The molecule has 4 nitrogen and oxygen atoms in total. The molecule has 1 unspecified atom stereocenters. The number of nitrogens with one attached hydrogen (secondary N) is 1. The van der Waals surface area contributed by atoms with Gasteiger partial charge in [0.2, 0.25) is 5.91 Å². The van der Waals surface area contributed by atoms with E-state index in [4.69, 9.17) is 5.84 Å². The number of hydrogen-bond donors (Lipinski definition) is 2. The molecule has 0 aliphatic carbocycles. The van der Waals surface area contributed by atoms with Crippen molar-refractivity contribution in [2.24, 2.45) is 5.84 Å². The molecule has 1 aromatic rings. The van der Waals surface area contributed by atoms with E-state index in [0.717, 1.165) is 25.9 Å². The average Bonchev–Trinajstić information content (AvgIpc) is 2.61. The third kappa shape index (κ3) is 3.09. The highest BCUT2D eigenvalue weighted by Crippen LogP contribution is 2.17. The van der Waals surface area contributed by atoms with Gasteiger partial charge >= 0.3 is 0 Å². The third-order valence-electron chi connectivity index (χ3n) is 3.72. The summed E-state index contributed by atoms with van der Waals surface area (Å²) in [6, 6.07) is 8.84. The maximum absolute atomic E-state index is 11.3. The molecule has 0 aromatic heterocycles. The smallest absolute Gasteiger partial charge is 0.235 e. The number of nitrogens with two attached hydrogens (primary N) is 1. The van der Waals surface area contributed by atoms with Crippen molar-refractivity contribution in [2.45, 2.75) is 32.2 Å². The SMILES string of the molecule is CC(CC(=O)NN)N1CCc2ccccc2CC1. The number of fused-ring (bicyclic) bond motifs is 1. The summed E-state index contributed by atoms with van der Waals surface area (Å²) in [5.41, 5.74) is 5.08. The lowest BCUT2D eigenvalue weighted by Crippen LogP contribution is -2.40. The van der Waals surface area contributed by atoms with Crippen molar-refractivity contribution in [3.05, 3.63) is 35.4 Å². The second-order valence-electron chi connectivity index (χ2n) is 4.93. The lowest BCUT2D eigenvalue weighted by Gasteiger charge is -2.26. The Morgan fingerprint density at radius 3 is 2.39 bits per heavy atom. The van der Waals surface area contributed by atoms with Gasteiger partial charge in [0.05, 0.1) is 0 Å². The Labute approximate surface area is 108 Å². The topological polar surface area (TPSA) is 58.4 Å². The maximum Gasteiger partial charge on any atom is 0.235 e. The minimum Gasteiger partial charge on any atom is -0.299 e. The largest absolute Gasteiger partial charge is 0.299 e. The van der Waals surface area contributed by atoms with Crippen molar-refractivity contribution in [1.82, 2.24) is 10.3 Å². The second kappa shape index (κ2) is 5.98. The van der Waals surface area contributed by atoms with Crippen LogP contribution in [-0.4, -0.2) is 29.9 Å². The fourth-order valence-corrected chi connectivity index (χ4v) is 2.58. The van der Waals surface area contributed by atoms with Crippen LogP contribution < -0.4 is 11.3 Å². The van der Waals surface area contributed by atoms with Gasteiger partial charge < -0.3 is 0 Å². The summed E-state index contributed by atoms with van der Waals surface area (Å²) in [7, 11) is 0. The summed E-state index contributed by atoms with van der Waals surface area (Å²) in [6.45, 7) is 4.11. The van der Waals surface area contributed by atoms with Gasteiger partial charge in [0.25, 0.3) is 0 Å². The zero-order valence-electron chi connectivity index (χ0n) is 10.9. The second-order valence-corrected chi connectivity index (χ2v) is 4.93. The fourth-order valence-electron chi connectivity index (χ4n) is 2.58. The van der Waals surface area contributed by atoms with Crippen LogP contribution in [0, 0.1) is 0 Å². The zero-order chi connectivity index (χ0) is 13.0. The van der Waals surface area contributed by atoms with Gasteiger partial charge in [-0.15, -0.1) is 0 Å². The molecule has 98 valence electrons. The van der Waals surface area contributed by atoms with E-state index < -0.39 is 0 Å². The van der Waals surface area contributed by atoms with Crippen LogP contribution >= 0.6 is 0 Å². The van der Waals surface area contributed by atoms with Crippen LogP contribution in [0.3, 0.4) is 0 Å². The highest BCUT2D eigenvalue weighted by atomic mass is 16.2. The summed E-state index contributed by atoms with van der Waals surface area (Å²) < 4.78 is 0. The Balaban J connectivity index is 1.97. The lowest BCUT2D eigenvalue weighted by atomic mass is 10.0. The number of hydrogen-bond acceptors (Lipinski definition) is 3. The van der Waals surface area contributed by atoms with E-state index in [2.05, 4.69) is 41.5 Å². The number of hydrazine groups is 1. The van der Waals surface area contributed by atoms with E-state index in [1.165, 1.54) is 11.1 Å². The molecule has 0 fully saturated rings. The molecule has 3 N–H and O–H groups in total. The summed E-state index contributed by atoms with van der Waals surface area (Å²) in [5.74, 6) is 5.04. The summed E-state index contributed by atoms with van der Waals surface area (Å²) in [5, 5.41) is 0. The molecule has 1 aliphatic heterocycles. The predicted molar refractivity (Wildman–Crippen MR) is 71.8 cm³/mol. The highest BCUT2D eigenvalue weighted by molar-refractivity contribution is 5.75. The van der Waals surface area contributed by atoms with E-state index in [0.29, 0.717) is 6.42 Å². The van der Waals surface area contributed by atoms with Crippen LogP contribution in [-0.2, 0) is 17.6 Å². The minimum absolute atomic E-state index is 0.0933. The Kier molecular flexibility index (Phi) is 4.33. The molecule has 1 aliphatic rings. The molecule has 4 heteroatoms. The molecule has 0 spiro atoms. The number of amides is 1. The minimum atomic E-state index is -0.0933. The first-order valence-electron chi connectivity index (χ1n) is 6.51. The monoisotopic (exact) mass is 247 g/mol. The fraction of sp³-hybridized carbons (Fsp3) is 0.500. The van der Waals surface area contributed by atoms with Gasteiger partial charge in [0.1, 0.15) is 0 Å². The van der Waals surface area contributed by atoms with Crippen LogP contribution in [0.15, 0.2) is 24.3 Å². The van der Waals surface area contributed by atoms with Crippen LogP contribution in [0.1, 0.15) is 24.5 Å². The van der Waals surface area contributed by atoms with Gasteiger partial charge in [-0.25, -0.2) is 5.84 Å². The van der Waals surface area contributed by atoms with Gasteiger partial charge in [0, 0.05) is 25.6 Å². The highest BCUT2D eigenvalue weighted by Gasteiger charge is 2.19. The molecular weight excluding hydrogens is 226 g/mol. The van der Waals surface area contributed by atoms with Crippen LogP contribution in [0.5, 0.6) is 0 Å². The quantitative estimate of drug-likeness (QED) is 0.473. The Bertz CT molecular complexity index is 392. The van der Waals surface area contributed by atoms with Gasteiger partial charge in [-0.3, -0.25) is 15.1 Å². The Hall–Kier alpha value is -1.39. The maximum atomic E-state index is 11.3. The Morgan fingerprint density at radius 2 is 1.89 bits per heavy atom. The van der Waals surface area contributed by atoms with Crippen LogP contribution in [0.2, 0.25) is 0 Å². The summed E-state index contributed by atoms with van der Waals surface area (Å²) in [6.07, 6.45) is 2.59. The van der Waals surface area contributed by atoms with Crippen molar-refractivity contribution < 1.29 is 4.79 Å². The van der Waals surface area contributed by atoms with E-state index in [9.17, 15) is 4.79 Å². The molecule has 1 atom stereocenters. The number of carbonyl (C=O) groups excluding carboxylic acids is 1. The molecule has 2 rings (SSSR count). The third-order valence-corrected chi connectivity index (χ3v) is 3.72. The van der Waals surface area contributed by atoms with Crippen LogP contribution in [0.4, 0.5) is 0 Å². The van der Waals surface area contributed by atoms with Crippen molar-refractivity contribution in [2.75, 3.05) is 13.1 Å². The van der Waals surface area contributed by atoms with E-state index in [1.807, 2.05) is 0 Å². The van der Waals surface area contributed by atoms with Gasteiger partial charge in [0.15, 0.2) is 0 Å². The Morgan fingerprint density at radius 1 is 1.33 bits per heavy atom. The first-order chi connectivity index (χ1) is 8.70. The van der Waals surface area contributed by atoms with Crippen LogP contribution in [0.25, 0.3) is 0 Å². The van der Waals surface area contributed by atoms with Crippen molar-refractivity contribution in [3.8, 4) is 0 Å². The van der Waals surface area contributed by atoms with Crippen molar-refractivity contribution in [3.63, 3.8) is 0 Å². The molecular formula is C14H21N3O. The average molecular weight is 247 g/mol. The number of carbonyl (C=O) groups is 1. The molecule has 0 saturated heterocycles. The van der Waals surface area contributed by atoms with Gasteiger partial charge in [-0.05, 0) is 30.9 Å². The molecule has 0 bridgehead atoms.